The first-order valence-corrected chi connectivity index (χ1v) is 7.29. The molecule has 4 nitrogen and oxygen atoms in total. The summed E-state index contributed by atoms with van der Waals surface area (Å²) in [5.74, 6) is -6.62. The predicted molar refractivity (Wildman–Crippen MR) is 76.7 cm³/mol. The molecule has 2 atom stereocenters. The zero-order chi connectivity index (χ0) is 18.3. The maximum atomic E-state index is 13.4. The Labute approximate surface area is 136 Å². The number of aliphatic carboxylic acids is 1. The first-order valence-electron chi connectivity index (χ1n) is 7.29. The van der Waals surface area contributed by atoms with Gasteiger partial charge in [-0.2, -0.15) is 13.2 Å². The number of rotatable bonds is 3. The summed E-state index contributed by atoms with van der Waals surface area (Å²) in [6, 6.07) is 5.25. The van der Waals surface area contributed by atoms with Crippen molar-refractivity contribution in [1.29, 1.82) is 0 Å². The van der Waals surface area contributed by atoms with Crippen LogP contribution in [-0.2, 0) is 15.0 Å². The molecule has 1 aromatic carbocycles. The molecule has 0 bridgehead atoms. The Balaban J connectivity index is 2.28. The second-order valence-corrected chi connectivity index (χ2v) is 6.44. The van der Waals surface area contributed by atoms with Crippen molar-refractivity contribution in [2.45, 2.75) is 25.4 Å². The average Bonchev–Trinajstić information content (AvgIpc) is 2.91. The second kappa shape index (κ2) is 6.07. The quantitative estimate of drug-likeness (QED) is 0.856. The lowest BCUT2D eigenvalue weighted by Gasteiger charge is -2.30. The highest BCUT2D eigenvalue weighted by molar-refractivity contribution is 5.88. The Bertz CT molecular complexity index is 657. The lowest BCUT2D eigenvalue weighted by molar-refractivity contribution is -0.188. The zero-order valence-corrected chi connectivity index (χ0v) is 13.1. The van der Waals surface area contributed by atoms with Gasteiger partial charge in [-0.1, -0.05) is 12.1 Å². The highest BCUT2D eigenvalue weighted by Gasteiger charge is 2.54. The van der Waals surface area contributed by atoms with Crippen molar-refractivity contribution in [3.05, 3.63) is 35.6 Å². The van der Waals surface area contributed by atoms with Crippen LogP contribution in [0.5, 0.6) is 0 Å². The van der Waals surface area contributed by atoms with Crippen LogP contribution in [-0.4, -0.2) is 41.1 Å². The van der Waals surface area contributed by atoms with E-state index in [2.05, 4.69) is 0 Å². The summed E-state index contributed by atoms with van der Waals surface area (Å²) in [4.78, 5) is 24.7. The number of hydrogen-bond donors (Lipinski definition) is 1. The van der Waals surface area contributed by atoms with Gasteiger partial charge in [0.15, 0.2) is 0 Å². The van der Waals surface area contributed by atoms with E-state index in [1.807, 2.05) is 0 Å². The largest absolute Gasteiger partial charge is 0.481 e. The number of nitrogens with zero attached hydrogens (tertiary/aromatic N) is 1. The van der Waals surface area contributed by atoms with Crippen molar-refractivity contribution in [1.82, 2.24) is 4.90 Å². The number of benzene rings is 1. The summed E-state index contributed by atoms with van der Waals surface area (Å²) < 4.78 is 52.5. The van der Waals surface area contributed by atoms with E-state index >= 15 is 0 Å². The monoisotopic (exact) mass is 347 g/mol. The number of hydrogen-bond acceptors (Lipinski definition) is 2. The Morgan fingerprint density at radius 1 is 1.21 bits per heavy atom. The number of halogens is 4. The van der Waals surface area contributed by atoms with Gasteiger partial charge < -0.3 is 10.0 Å². The van der Waals surface area contributed by atoms with E-state index in [1.54, 1.807) is 0 Å². The molecule has 1 aromatic rings. The molecule has 0 aliphatic carbocycles. The van der Waals surface area contributed by atoms with Crippen LogP contribution in [0.2, 0.25) is 0 Å². The lowest BCUT2D eigenvalue weighted by Crippen LogP contribution is -2.43. The molecule has 1 saturated heterocycles. The van der Waals surface area contributed by atoms with E-state index in [0.717, 1.165) is 11.0 Å². The molecule has 1 aliphatic heterocycles. The van der Waals surface area contributed by atoms with Crippen LogP contribution in [0, 0.1) is 17.7 Å². The molecule has 0 aromatic heterocycles. The van der Waals surface area contributed by atoms with Crippen LogP contribution in [0.15, 0.2) is 24.3 Å². The minimum atomic E-state index is -4.71. The third-order valence-corrected chi connectivity index (χ3v) is 4.43. The number of carbonyl (C=O) groups is 2. The summed E-state index contributed by atoms with van der Waals surface area (Å²) >= 11 is 0. The summed E-state index contributed by atoms with van der Waals surface area (Å²) in [5.41, 5.74) is -0.958. The van der Waals surface area contributed by atoms with E-state index in [4.69, 9.17) is 5.11 Å². The van der Waals surface area contributed by atoms with Crippen LogP contribution >= 0.6 is 0 Å². The summed E-state index contributed by atoms with van der Waals surface area (Å²) in [6.45, 7) is 1.72. The molecule has 1 aliphatic rings. The highest BCUT2D eigenvalue weighted by atomic mass is 19.4. The Morgan fingerprint density at radius 2 is 1.83 bits per heavy atom. The predicted octanol–water partition coefficient (Wildman–Crippen LogP) is 2.82. The van der Waals surface area contributed by atoms with Crippen LogP contribution < -0.4 is 0 Å². The molecule has 8 heteroatoms. The fraction of sp³-hybridized carbons (Fsp3) is 0.500. The maximum Gasteiger partial charge on any atom is 0.394 e. The van der Waals surface area contributed by atoms with Crippen LogP contribution in [0.25, 0.3) is 0 Å². The van der Waals surface area contributed by atoms with E-state index in [-0.39, 0.29) is 0 Å². The zero-order valence-electron chi connectivity index (χ0n) is 13.1. The molecule has 132 valence electrons. The van der Waals surface area contributed by atoms with Crippen LogP contribution in [0.4, 0.5) is 17.6 Å². The van der Waals surface area contributed by atoms with Crippen molar-refractivity contribution in [3.8, 4) is 0 Å². The van der Waals surface area contributed by atoms with Crippen molar-refractivity contribution >= 4 is 11.9 Å². The molecular weight excluding hydrogens is 330 g/mol. The number of carboxylic acids is 1. The van der Waals surface area contributed by atoms with Gasteiger partial charge in [0, 0.05) is 13.1 Å². The average molecular weight is 347 g/mol. The van der Waals surface area contributed by atoms with Crippen molar-refractivity contribution in [2.24, 2.45) is 11.8 Å². The van der Waals surface area contributed by atoms with Gasteiger partial charge in [-0.25, -0.2) is 4.39 Å². The molecule has 1 heterocycles. The van der Waals surface area contributed by atoms with E-state index < -0.39 is 54.2 Å². The molecule has 2 rings (SSSR count). The van der Waals surface area contributed by atoms with Crippen LogP contribution in [0.1, 0.15) is 19.4 Å². The van der Waals surface area contributed by atoms with Crippen molar-refractivity contribution in [3.63, 3.8) is 0 Å². The molecule has 0 spiro atoms. The first-order chi connectivity index (χ1) is 10.9. The van der Waals surface area contributed by atoms with Crippen LogP contribution in [0.3, 0.4) is 0 Å². The number of amides is 1. The highest BCUT2D eigenvalue weighted by Crippen LogP contribution is 2.39. The minimum absolute atomic E-state index is 0.315. The topological polar surface area (TPSA) is 57.6 Å². The molecule has 0 unspecified atom stereocenters. The fourth-order valence-electron chi connectivity index (χ4n) is 2.95. The van der Waals surface area contributed by atoms with Gasteiger partial charge >= 0.3 is 12.1 Å². The van der Waals surface area contributed by atoms with Crippen molar-refractivity contribution < 1.29 is 32.3 Å². The lowest BCUT2D eigenvalue weighted by atomic mass is 9.83. The molecular formula is C16H17F4NO3. The third-order valence-electron chi connectivity index (χ3n) is 4.43. The molecule has 1 N–H and O–H groups in total. The molecule has 0 radical (unpaired) electrons. The molecule has 1 fully saturated rings. The van der Waals surface area contributed by atoms with Gasteiger partial charge in [0.1, 0.15) is 5.82 Å². The Kier molecular flexibility index (Phi) is 4.61. The standard InChI is InChI=1S/C16H17F4NO3/c1-15(2,9-4-3-5-10(17)6-9)14(24)21-7-11(13(22)23)12(8-21)16(18,19)20/h3-6,11-12H,7-8H2,1-2H3,(H,22,23)/t11-,12-/m1/s1. The summed E-state index contributed by atoms with van der Waals surface area (Å²) in [6.07, 6.45) is -4.71. The summed E-state index contributed by atoms with van der Waals surface area (Å²) in [5, 5.41) is 9.02. The molecule has 1 amide bonds. The molecule has 24 heavy (non-hydrogen) atoms. The number of likely N-dealkylation sites (tertiary alicyclic amines) is 1. The van der Waals surface area contributed by atoms with Crippen molar-refractivity contribution in [2.75, 3.05) is 13.1 Å². The van der Waals surface area contributed by atoms with Gasteiger partial charge in [0.2, 0.25) is 5.91 Å². The maximum absolute atomic E-state index is 13.4. The van der Waals surface area contributed by atoms with E-state index in [0.29, 0.717) is 5.56 Å². The fourth-order valence-corrected chi connectivity index (χ4v) is 2.95. The van der Waals surface area contributed by atoms with Gasteiger partial charge in [-0.15, -0.1) is 0 Å². The number of alkyl halides is 3. The Hall–Kier alpha value is -2.12. The molecule has 0 saturated carbocycles. The number of carboxylic acid groups (broad SMARTS) is 1. The van der Waals surface area contributed by atoms with E-state index in [1.165, 1.54) is 32.0 Å². The summed E-state index contributed by atoms with van der Waals surface area (Å²) in [7, 11) is 0. The SMILES string of the molecule is CC(C)(C(=O)N1C[C@@H](C(F)(F)F)[C@H](C(=O)O)C1)c1cccc(F)c1. The number of carbonyl (C=O) groups excluding carboxylic acids is 1. The normalized spacial score (nSPS) is 21.8. The second-order valence-electron chi connectivity index (χ2n) is 6.44. The van der Waals surface area contributed by atoms with Gasteiger partial charge in [0.05, 0.1) is 17.3 Å². The van der Waals surface area contributed by atoms with E-state index in [9.17, 15) is 27.2 Å². The first kappa shape index (κ1) is 18.2. The van der Waals surface area contributed by atoms with Gasteiger partial charge in [0.25, 0.3) is 0 Å². The van der Waals surface area contributed by atoms with Gasteiger partial charge in [-0.3, -0.25) is 9.59 Å². The third kappa shape index (κ3) is 3.37. The minimum Gasteiger partial charge on any atom is -0.481 e. The smallest absolute Gasteiger partial charge is 0.394 e. The van der Waals surface area contributed by atoms with Gasteiger partial charge in [-0.05, 0) is 31.5 Å². The Morgan fingerprint density at radius 3 is 2.29 bits per heavy atom.